The SMILES string of the molecule is Cc1ccccc1S(=O)(=O)Cc1cc(-c2ccc(C(=O)O)cc2)sc1C(=O)O. The second kappa shape index (κ2) is 7.57. The Morgan fingerprint density at radius 3 is 2.18 bits per heavy atom. The summed E-state index contributed by atoms with van der Waals surface area (Å²) in [5, 5.41) is 18.5. The second-order valence-corrected chi connectivity index (χ2v) is 9.19. The molecule has 0 atom stereocenters. The van der Waals surface area contributed by atoms with E-state index in [0.29, 0.717) is 16.0 Å². The van der Waals surface area contributed by atoms with E-state index >= 15 is 0 Å². The molecular weight excluding hydrogens is 400 g/mol. The average molecular weight is 416 g/mol. The average Bonchev–Trinajstić information content (AvgIpc) is 3.05. The molecule has 3 rings (SSSR count). The minimum absolute atomic E-state index is 0.0468. The zero-order valence-electron chi connectivity index (χ0n) is 14.7. The Morgan fingerprint density at radius 2 is 1.61 bits per heavy atom. The summed E-state index contributed by atoms with van der Waals surface area (Å²) in [6.45, 7) is 1.69. The van der Waals surface area contributed by atoms with Crippen LogP contribution in [0, 0.1) is 6.92 Å². The standard InChI is InChI=1S/C20H16O6S2/c1-12-4-2-3-5-17(12)28(25,26)11-15-10-16(27-18(15)20(23)24)13-6-8-14(9-7-13)19(21)22/h2-10H,11H2,1H3,(H,21,22)(H,23,24). The minimum Gasteiger partial charge on any atom is -0.478 e. The molecule has 2 N–H and O–H groups in total. The largest absolute Gasteiger partial charge is 0.478 e. The molecule has 28 heavy (non-hydrogen) atoms. The lowest BCUT2D eigenvalue weighted by Gasteiger charge is -2.07. The Hall–Kier alpha value is -2.97. The fourth-order valence-electron chi connectivity index (χ4n) is 2.82. The first-order chi connectivity index (χ1) is 13.2. The lowest BCUT2D eigenvalue weighted by molar-refractivity contribution is 0.0688. The molecule has 0 bridgehead atoms. The molecule has 1 aromatic heterocycles. The molecule has 0 aliphatic heterocycles. The highest BCUT2D eigenvalue weighted by molar-refractivity contribution is 7.90. The fraction of sp³-hybridized carbons (Fsp3) is 0.100. The van der Waals surface area contributed by atoms with E-state index in [4.69, 9.17) is 5.11 Å². The Bertz CT molecular complexity index is 1160. The quantitative estimate of drug-likeness (QED) is 0.626. The molecule has 0 fully saturated rings. The smallest absolute Gasteiger partial charge is 0.346 e. The summed E-state index contributed by atoms with van der Waals surface area (Å²) in [6, 6.07) is 14.1. The van der Waals surface area contributed by atoms with E-state index in [1.807, 2.05) is 0 Å². The maximum absolute atomic E-state index is 12.8. The predicted molar refractivity (Wildman–Crippen MR) is 106 cm³/mol. The first kappa shape index (κ1) is 19.8. The highest BCUT2D eigenvalue weighted by atomic mass is 32.2. The minimum atomic E-state index is -3.72. The van der Waals surface area contributed by atoms with Gasteiger partial charge in [0.1, 0.15) is 4.88 Å². The van der Waals surface area contributed by atoms with Gasteiger partial charge in [-0.1, -0.05) is 30.3 Å². The van der Waals surface area contributed by atoms with Gasteiger partial charge in [-0.25, -0.2) is 18.0 Å². The van der Waals surface area contributed by atoms with Gasteiger partial charge in [0.2, 0.25) is 0 Å². The van der Waals surface area contributed by atoms with E-state index in [1.165, 1.54) is 18.2 Å². The van der Waals surface area contributed by atoms with Gasteiger partial charge >= 0.3 is 11.9 Å². The number of aromatic carboxylic acids is 2. The van der Waals surface area contributed by atoms with Gasteiger partial charge in [-0.15, -0.1) is 11.3 Å². The van der Waals surface area contributed by atoms with Crippen LogP contribution in [0.15, 0.2) is 59.5 Å². The van der Waals surface area contributed by atoms with Crippen LogP contribution >= 0.6 is 11.3 Å². The number of benzene rings is 2. The van der Waals surface area contributed by atoms with Crippen molar-refractivity contribution in [2.45, 2.75) is 17.6 Å². The summed E-state index contributed by atoms with van der Waals surface area (Å²) in [7, 11) is -3.72. The summed E-state index contributed by atoms with van der Waals surface area (Å²) in [4.78, 5) is 23.3. The van der Waals surface area contributed by atoms with Crippen molar-refractivity contribution in [3.8, 4) is 10.4 Å². The maximum atomic E-state index is 12.8. The molecule has 0 aliphatic rings. The molecule has 2 aromatic carbocycles. The number of sulfone groups is 1. The highest BCUT2D eigenvalue weighted by Gasteiger charge is 2.24. The zero-order chi connectivity index (χ0) is 20.5. The number of aryl methyl sites for hydroxylation is 1. The van der Waals surface area contributed by atoms with E-state index in [0.717, 1.165) is 11.3 Å². The van der Waals surface area contributed by atoms with E-state index in [-0.39, 0.29) is 20.9 Å². The van der Waals surface area contributed by atoms with Gasteiger partial charge in [-0.05, 0) is 47.9 Å². The van der Waals surface area contributed by atoms with Crippen molar-refractivity contribution in [1.82, 2.24) is 0 Å². The molecule has 0 aliphatic carbocycles. The highest BCUT2D eigenvalue weighted by Crippen LogP contribution is 2.34. The molecule has 0 radical (unpaired) electrons. The number of thiophene rings is 1. The lowest BCUT2D eigenvalue weighted by Crippen LogP contribution is -2.08. The number of hydrogen-bond acceptors (Lipinski definition) is 5. The van der Waals surface area contributed by atoms with Gasteiger partial charge in [-0.3, -0.25) is 0 Å². The Balaban J connectivity index is 2.01. The number of rotatable bonds is 6. The first-order valence-corrected chi connectivity index (χ1v) is 10.6. The van der Waals surface area contributed by atoms with E-state index in [2.05, 4.69) is 0 Å². The van der Waals surface area contributed by atoms with Crippen molar-refractivity contribution < 1.29 is 28.2 Å². The predicted octanol–water partition coefficient (Wildman–Crippen LogP) is 4.09. The van der Waals surface area contributed by atoms with Gasteiger partial charge in [0, 0.05) is 4.88 Å². The maximum Gasteiger partial charge on any atom is 0.346 e. The molecule has 144 valence electrons. The Labute approximate surface area is 165 Å². The van der Waals surface area contributed by atoms with E-state index in [1.54, 1.807) is 43.3 Å². The summed E-state index contributed by atoms with van der Waals surface area (Å²) >= 11 is 0.964. The number of hydrogen-bond donors (Lipinski definition) is 2. The van der Waals surface area contributed by atoms with Gasteiger partial charge < -0.3 is 10.2 Å². The molecule has 0 amide bonds. The van der Waals surface area contributed by atoms with Gasteiger partial charge in [-0.2, -0.15) is 0 Å². The van der Waals surface area contributed by atoms with Gasteiger partial charge in [0.15, 0.2) is 9.84 Å². The van der Waals surface area contributed by atoms with Crippen LogP contribution in [0.4, 0.5) is 0 Å². The molecule has 0 saturated carbocycles. The lowest BCUT2D eigenvalue weighted by atomic mass is 10.1. The number of carboxylic acid groups (broad SMARTS) is 2. The van der Waals surface area contributed by atoms with Crippen LogP contribution in [0.3, 0.4) is 0 Å². The number of carbonyl (C=O) groups is 2. The molecule has 3 aromatic rings. The third-order valence-electron chi connectivity index (χ3n) is 4.19. The Morgan fingerprint density at radius 1 is 0.964 bits per heavy atom. The van der Waals surface area contributed by atoms with Crippen LogP contribution in [0.25, 0.3) is 10.4 Å². The van der Waals surface area contributed by atoms with Crippen LogP contribution in [-0.2, 0) is 15.6 Å². The molecule has 0 spiro atoms. The first-order valence-electron chi connectivity index (χ1n) is 8.17. The van der Waals surface area contributed by atoms with Crippen molar-refractivity contribution in [1.29, 1.82) is 0 Å². The van der Waals surface area contributed by atoms with Crippen molar-refractivity contribution in [2.75, 3.05) is 0 Å². The third kappa shape index (κ3) is 3.97. The van der Waals surface area contributed by atoms with Crippen LogP contribution in [-0.4, -0.2) is 30.6 Å². The summed E-state index contributed by atoms with van der Waals surface area (Å²) in [5.74, 6) is -2.69. The summed E-state index contributed by atoms with van der Waals surface area (Å²) in [5.41, 5.74) is 1.54. The zero-order valence-corrected chi connectivity index (χ0v) is 16.4. The molecular formula is C20H16O6S2. The number of carboxylic acids is 2. The monoisotopic (exact) mass is 416 g/mol. The van der Waals surface area contributed by atoms with E-state index in [9.17, 15) is 23.1 Å². The van der Waals surface area contributed by atoms with Crippen LogP contribution < -0.4 is 0 Å². The van der Waals surface area contributed by atoms with Crippen LogP contribution in [0.2, 0.25) is 0 Å². The molecule has 0 saturated heterocycles. The molecule has 8 heteroatoms. The molecule has 1 heterocycles. The van der Waals surface area contributed by atoms with Gasteiger partial charge in [0.25, 0.3) is 0 Å². The second-order valence-electron chi connectivity index (χ2n) is 6.18. The molecule has 6 nitrogen and oxygen atoms in total. The fourth-order valence-corrected chi connectivity index (χ4v) is 5.58. The summed E-state index contributed by atoms with van der Waals surface area (Å²) < 4.78 is 25.6. The summed E-state index contributed by atoms with van der Waals surface area (Å²) in [6.07, 6.45) is 0. The van der Waals surface area contributed by atoms with Crippen LogP contribution in [0.5, 0.6) is 0 Å². The normalized spacial score (nSPS) is 11.3. The topological polar surface area (TPSA) is 109 Å². The Kier molecular flexibility index (Phi) is 5.35. The molecule has 0 unspecified atom stereocenters. The van der Waals surface area contributed by atoms with Crippen molar-refractivity contribution in [3.05, 3.63) is 76.2 Å². The van der Waals surface area contributed by atoms with Crippen LogP contribution in [0.1, 0.15) is 31.2 Å². The van der Waals surface area contributed by atoms with Crippen molar-refractivity contribution >= 4 is 33.1 Å². The van der Waals surface area contributed by atoms with E-state index < -0.39 is 27.5 Å². The third-order valence-corrected chi connectivity index (χ3v) is 7.23. The van der Waals surface area contributed by atoms with Crippen molar-refractivity contribution in [2.24, 2.45) is 0 Å². The van der Waals surface area contributed by atoms with Gasteiger partial charge in [0.05, 0.1) is 16.2 Å². The van der Waals surface area contributed by atoms with Crippen molar-refractivity contribution in [3.63, 3.8) is 0 Å².